The fraction of sp³-hybridized carbons (Fsp3) is 0.263. The summed E-state index contributed by atoms with van der Waals surface area (Å²) in [5.74, 6) is 1.05. The minimum absolute atomic E-state index is 0.0228. The van der Waals surface area contributed by atoms with Crippen LogP contribution in [0.3, 0.4) is 0 Å². The molecule has 0 spiro atoms. The molecular formula is C19H20ClNO5. The van der Waals surface area contributed by atoms with Gasteiger partial charge >= 0.3 is 0 Å². The maximum atomic E-state index is 12.5. The first-order valence-corrected chi connectivity index (χ1v) is 8.16. The number of halogens is 1. The molecule has 2 rings (SSSR count). The molecule has 26 heavy (non-hydrogen) atoms. The van der Waals surface area contributed by atoms with Gasteiger partial charge in [-0.25, -0.2) is 0 Å². The van der Waals surface area contributed by atoms with Crippen molar-refractivity contribution >= 4 is 29.0 Å². The minimum Gasteiger partial charge on any atom is -0.496 e. The van der Waals surface area contributed by atoms with Gasteiger partial charge in [-0.15, -0.1) is 0 Å². The molecule has 7 heteroatoms. The van der Waals surface area contributed by atoms with Crippen molar-refractivity contribution < 1.29 is 23.8 Å². The maximum Gasteiger partial charge on any atom is 0.228 e. The lowest BCUT2D eigenvalue weighted by molar-refractivity contribution is -0.115. The number of ketones is 1. The van der Waals surface area contributed by atoms with E-state index in [4.69, 9.17) is 25.8 Å². The predicted molar refractivity (Wildman–Crippen MR) is 99.9 cm³/mol. The molecule has 0 saturated heterocycles. The number of benzene rings is 2. The standard InChI is InChI=1S/C19H20ClNO5/c1-11(22)12-5-6-16(24-2)13(7-12)8-19(23)21-15-10-18(26-4)17(25-3)9-14(15)20/h5-7,9-10H,8H2,1-4H3,(H,21,23). The lowest BCUT2D eigenvalue weighted by Crippen LogP contribution is -2.15. The topological polar surface area (TPSA) is 73.9 Å². The van der Waals surface area contributed by atoms with Gasteiger partial charge in [0, 0.05) is 23.3 Å². The van der Waals surface area contributed by atoms with E-state index in [0.29, 0.717) is 39.1 Å². The molecule has 1 N–H and O–H groups in total. The van der Waals surface area contributed by atoms with E-state index in [-0.39, 0.29) is 18.1 Å². The number of nitrogens with one attached hydrogen (secondary N) is 1. The Kier molecular flexibility index (Phi) is 6.46. The van der Waals surface area contributed by atoms with Crippen LogP contribution in [0.5, 0.6) is 17.2 Å². The smallest absolute Gasteiger partial charge is 0.228 e. The summed E-state index contributed by atoms with van der Waals surface area (Å²) >= 11 is 6.19. The molecule has 0 aliphatic rings. The molecule has 2 aromatic carbocycles. The van der Waals surface area contributed by atoms with Crippen molar-refractivity contribution in [2.24, 2.45) is 0 Å². The first kappa shape index (κ1) is 19.6. The number of carbonyl (C=O) groups is 2. The molecule has 138 valence electrons. The van der Waals surface area contributed by atoms with Crippen LogP contribution in [-0.2, 0) is 11.2 Å². The Balaban J connectivity index is 2.24. The highest BCUT2D eigenvalue weighted by atomic mass is 35.5. The van der Waals surface area contributed by atoms with Crippen molar-refractivity contribution in [2.45, 2.75) is 13.3 Å². The van der Waals surface area contributed by atoms with Gasteiger partial charge in [0.05, 0.1) is 38.5 Å². The molecule has 0 unspecified atom stereocenters. The van der Waals surface area contributed by atoms with Gasteiger partial charge in [-0.2, -0.15) is 0 Å². The molecule has 0 fully saturated rings. The van der Waals surface area contributed by atoms with Gasteiger partial charge in [-0.05, 0) is 25.1 Å². The molecule has 6 nitrogen and oxygen atoms in total. The Bertz CT molecular complexity index is 835. The Labute approximate surface area is 157 Å². The van der Waals surface area contributed by atoms with Crippen molar-refractivity contribution in [3.63, 3.8) is 0 Å². The second-order valence-corrected chi connectivity index (χ2v) is 5.90. The van der Waals surface area contributed by atoms with Crippen molar-refractivity contribution in [3.8, 4) is 17.2 Å². The van der Waals surface area contributed by atoms with Crippen molar-refractivity contribution in [3.05, 3.63) is 46.5 Å². The van der Waals surface area contributed by atoms with Gasteiger partial charge in [0.2, 0.25) is 5.91 Å². The number of carbonyl (C=O) groups excluding carboxylic acids is 2. The Morgan fingerprint density at radius 1 is 0.962 bits per heavy atom. The molecular weight excluding hydrogens is 358 g/mol. The van der Waals surface area contributed by atoms with Gasteiger partial charge in [0.1, 0.15) is 5.75 Å². The Morgan fingerprint density at radius 2 is 1.58 bits per heavy atom. The van der Waals surface area contributed by atoms with Crippen LogP contribution in [-0.4, -0.2) is 33.0 Å². The molecule has 0 aliphatic carbocycles. The van der Waals surface area contributed by atoms with E-state index in [1.54, 1.807) is 30.3 Å². The number of hydrogen-bond donors (Lipinski definition) is 1. The molecule has 0 heterocycles. The summed E-state index contributed by atoms with van der Waals surface area (Å²) in [5, 5.41) is 3.06. The van der Waals surface area contributed by atoms with Crippen LogP contribution in [0, 0.1) is 0 Å². The highest BCUT2D eigenvalue weighted by Crippen LogP contribution is 2.36. The second kappa shape index (κ2) is 8.58. The first-order valence-electron chi connectivity index (χ1n) is 7.78. The Morgan fingerprint density at radius 3 is 2.15 bits per heavy atom. The van der Waals surface area contributed by atoms with Crippen LogP contribution in [0.1, 0.15) is 22.8 Å². The van der Waals surface area contributed by atoms with Crippen LogP contribution in [0.2, 0.25) is 5.02 Å². The van der Waals surface area contributed by atoms with E-state index in [1.165, 1.54) is 28.3 Å². The highest BCUT2D eigenvalue weighted by molar-refractivity contribution is 6.34. The van der Waals surface area contributed by atoms with Crippen LogP contribution in [0.25, 0.3) is 0 Å². The molecule has 0 atom stereocenters. The highest BCUT2D eigenvalue weighted by Gasteiger charge is 2.15. The monoisotopic (exact) mass is 377 g/mol. The zero-order valence-corrected chi connectivity index (χ0v) is 15.8. The van der Waals surface area contributed by atoms with Gasteiger partial charge < -0.3 is 19.5 Å². The van der Waals surface area contributed by atoms with Crippen LogP contribution < -0.4 is 19.5 Å². The summed E-state index contributed by atoms with van der Waals surface area (Å²) in [6.45, 7) is 1.47. The number of Topliss-reactive ketones (excluding diaryl/α,β-unsaturated/α-hetero) is 1. The lowest BCUT2D eigenvalue weighted by Gasteiger charge is -2.14. The number of amides is 1. The fourth-order valence-electron chi connectivity index (χ4n) is 2.45. The van der Waals surface area contributed by atoms with Gasteiger partial charge in [0.15, 0.2) is 17.3 Å². The van der Waals surface area contributed by atoms with Crippen molar-refractivity contribution in [2.75, 3.05) is 26.6 Å². The Hall–Kier alpha value is -2.73. The summed E-state index contributed by atoms with van der Waals surface area (Å²) in [5.41, 5.74) is 1.52. The molecule has 0 aliphatic heterocycles. The van der Waals surface area contributed by atoms with E-state index in [0.717, 1.165) is 0 Å². The van der Waals surface area contributed by atoms with Crippen LogP contribution in [0.4, 0.5) is 5.69 Å². The zero-order valence-electron chi connectivity index (χ0n) is 15.0. The van der Waals surface area contributed by atoms with Gasteiger partial charge in [-0.1, -0.05) is 11.6 Å². The van der Waals surface area contributed by atoms with Gasteiger partial charge in [-0.3, -0.25) is 9.59 Å². The third kappa shape index (κ3) is 4.46. The van der Waals surface area contributed by atoms with Gasteiger partial charge in [0.25, 0.3) is 0 Å². The maximum absolute atomic E-state index is 12.5. The van der Waals surface area contributed by atoms with E-state index in [1.807, 2.05) is 0 Å². The van der Waals surface area contributed by atoms with E-state index >= 15 is 0 Å². The number of anilines is 1. The predicted octanol–water partition coefficient (Wildman–Crippen LogP) is 3.75. The van der Waals surface area contributed by atoms with E-state index < -0.39 is 0 Å². The fourth-order valence-corrected chi connectivity index (χ4v) is 2.65. The molecule has 0 radical (unpaired) electrons. The molecule has 0 aromatic heterocycles. The number of hydrogen-bond acceptors (Lipinski definition) is 5. The quantitative estimate of drug-likeness (QED) is 0.744. The normalized spacial score (nSPS) is 10.2. The zero-order chi connectivity index (χ0) is 19.3. The average Bonchev–Trinajstić information content (AvgIpc) is 2.62. The van der Waals surface area contributed by atoms with Crippen LogP contribution >= 0.6 is 11.6 Å². The molecule has 0 saturated carbocycles. The largest absolute Gasteiger partial charge is 0.496 e. The lowest BCUT2D eigenvalue weighted by atomic mass is 10.0. The number of methoxy groups -OCH3 is 3. The summed E-state index contributed by atoms with van der Waals surface area (Å²) in [6.07, 6.45) is 0.0228. The average molecular weight is 378 g/mol. The van der Waals surface area contributed by atoms with Crippen molar-refractivity contribution in [1.29, 1.82) is 0 Å². The molecule has 1 amide bonds. The van der Waals surface area contributed by atoms with E-state index in [9.17, 15) is 9.59 Å². The third-order valence-corrected chi connectivity index (χ3v) is 4.10. The minimum atomic E-state index is -0.307. The summed E-state index contributed by atoms with van der Waals surface area (Å²) in [4.78, 5) is 24.0. The second-order valence-electron chi connectivity index (χ2n) is 5.49. The molecule has 2 aromatic rings. The SMILES string of the molecule is COc1ccc(C(C)=O)cc1CC(=O)Nc1cc(OC)c(OC)cc1Cl. The van der Waals surface area contributed by atoms with Crippen molar-refractivity contribution in [1.82, 2.24) is 0 Å². The summed E-state index contributed by atoms with van der Waals surface area (Å²) in [6, 6.07) is 8.13. The summed E-state index contributed by atoms with van der Waals surface area (Å²) < 4.78 is 15.7. The van der Waals surface area contributed by atoms with E-state index in [2.05, 4.69) is 5.32 Å². The molecule has 0 bridgehead atoms. The van der Waals surface area contributed by atoms with Crippen LogP contribution in [0.15, 0.2) is 30.3 Å². The third-order valence-electron chi connectivity index (χ3n) is 3.79. The summed E-state index contributed by atoms with van der Waals surface area (Å²) in [7, 11) is 4.51. The first-order chi connectivity index (χ1) is 12.4. The number of ether oxygens (including phenoxy) is 3. The number of rotatable bonds is 7.